The largest absolute Gasteiger partial charge is 0.478 e. The van der Waals surface area contributed by atoms with Crippen LogP contribution in [0.5, 0.6) is 0 Å². The van der Waals surface area contributed by atoms with Crippen LogP contribution in [-0.4, -0.2) is 11.1 Å². The summed E-state index contributed by atoms with van der Waals surface area (Å²) >= 11 is 0. The molecule has 0 aliphatic rings. The summed E-state index contributed by atoms with van der Waals surface area (Å²) in [5, 5.41) is 8.69. The first kappa shape index (κ1) is 9.12. The zero-order valence-electron chi connectivity index (χ0n) is 6.95. The number of rotatable bonds is 2. The molecule has 0 atom stereocenters. The molecule has 0 saturated carbocycles. The van der Waals surface area contributed by atoms with Crippen LogP contribution in [0.4, 0.5) is 11.4 Å². The first-order valence-electron chi connectivity index (χ1n) is 3.61. The Morgan fingerprint density at radius 2 is 2.00 bits per heavy atom. The molecule has 1 rings (SSSR count). The van der Waals surface area contributed by atoms with Crippen molar-refractivity contribution >= 4 is 23.4 Å². The first-order chi connectivity index (χ1) is 6.07. The highest BCUT2D eigenvalue weighted by Gasteiger charge is 2.11. The van der Waals surface area contributed by atoms with Crippen LogP contribution in [0.3, 0.4) is 0 Å². The second-order valence-electron chi connectivity index (χ2n) is 2.54. The molecule has 4 heteroatoms. The number of nitrogen functional groups attached to an aromatic ring is 2. The Balaban J connectivity index is 3.39. The molecule has 0 aliphatic carbocycles. The first-order valence-corrected chi connectivity index (χ1v) is 3.61. The summed E-state index contributed by atoms with van der Waals surface area (Å²) in [4.78, 5) is 10.6. The number of benzene rings is 1. The second-order valence-corrected chi connectivity index (χ2v) is 2.54. The third kappa shape index (κ3) is 1.46. The van der Waals surface area contributed by atoms with E-state index in [1.807, 2.05) is 0 Å². The van der Waals surface area contributed by atoms with Crippen molar-refractivity contribution in [2.24, 2.45) is 0 Å². The van der Waals surface area contributed by atoms with Crippen molar-refractivity contribution in [1.29, 1.82) is 0 Å². The van der Waals surface area contributed by atoms with Crippen molar-refractivity contribution in [1.82, 2.24) is 0 Å². The van der Waals surface area contributed by atoms with Gasteiger partial charge < -0.3 is 16.6 Å². The minimum absolute atomic E-state index is 0.0168. The number of anilines is 2. The van der Waals surface area contributed by atoms with E-state index in [0.717, 1.165) is 0 Å². The molecule has 0 aliphatic heterocycles. The van der Waals surface area contributed by atoms with Gasteiger partial charge >= 0.3 is 5.97 Å². The fourth-order valence-electron chi connectivity index (χ4n) is 1.02. The third-order valence-corrected chi connectivity index (χ3v) is 1.77. The van der Waals surface area contributed by atoms with Crippen molar-refractivity contribution in [2.45, 2.75) is 0 Å². The van der Waals surface area contributed by atoms with Gasteiger partial charge in [-0.15, -0.1) is 0 Å². The zero-order chi connectivity index (χ0) is 10.0. The average molecular weight is 178 g/mol. The Kier molecular flexibility index (Phi) is 2.23. The molecule has 0 amide bonds. The summed E-state index contributed by atoms with van der Waals surface area (Å²) in [6.45, 7) is 3.52. The monoisotopic (exact) mass is 178 g/mol. The number of hydrogen-bond acceptors (Lipinski definition) is 3. The van der Waals surface area contributed by atoms with E-state index in [-0.39, 0.29) is 16.9 Å². The van der Waals surface area contributed by atoms with Gasteiger partial charge in [0.25, 0.3) is 0 Å². The van der Waals surface area contributed by atoms with Crippen LogP contribution in [0.1, 0.15) is 15.9 Å². The van der Waals surface area contributed by atoms with E-state index < -0.39 is 5.97 Å². The van der Waals surface area contributed by atoms with E-state index in [9.17, 15) is 4.79 Å². The van der Waals surface area contributed by atoms with Crippen molar-refractivity contribution < 1.29 is 9.90 Å². The summed E-state index contributed by atoms with van der Waals surface area (Å²) in [6, 6.07) is 2.98. The van der Waals surface area contributed by atoms with Gasteiger partial charge in [-0.25, -0.2) is 4.79 Å². The molecule has 0 fully saturated rings. The van der Waals surface area contributed by atoms with Crippen LogP contribution in [0.25, 0.3) is 6.08 Å². The summed E-state index contributed by atoms with van der Waals surface area (Å²) < 4.78 is 0. The molecule has 0 unspecified atom stereocenters. The number of carbonyl (C=O) groups is 1. The molecule has 1 aromatic rings. The van der Waals surface area contributed by atoms with Gasteiger partial charge in [0.1, 0.15) is 0 Å². The summed E-state index contributed by atoms with van der Waals surface area (Å²) in [5.74, 6) is -1.08. The minimum atomic E-state index is -1.08. The van der Waals surface area contributed by atoms with E-state index in [0.29, 0.717) is 5.56 Å². The third-order valence-electron chi connectivity index (χ3n) is 1.77. The Morgan fingerprint density at radius 3 is 2.46 bits per heavy atom. The van der Waals surface area contributed by atoms with Gasteiger partial charge in [-0.05, 0) is 11.6 Å². The number of carboxylic acids is 1. The molecule has 0 radical (unpaired) electrons. The lowest BCUT2D eigenvalue weighted by Crippen LogP contribution is -2.06. The van der Waals surface area contributed by atoms with Crippen LogP contribution in [0, 0.1) is 0 Å². The molecule has 0 heterocycles. The predicted octanol–water partition coefficient (Wildman–Crippen LogP) is 1.19. The summed E-state index contributed by atoms with van der Waals surface area (Å²) in [7, 11) is 0. The summed E-state index contributed by atoms with van der Waals surface area (Å²) in [6.07, 6.45) is 1.53. The van der Waals surface area contributed by atoms with Gasteiger partial charge in [0.15, 0.2) is 0 Å². The van der Waals surface area contributed by atoms with Gasteiger partial charge in [-0.2, -0.15) is 0 Å². The molecule has 0 aromatic heterocycles. The van der Waals surface area contributed by atoms with Crippen molar-refractivity contribution in [2.75, 3.05) is 11.5 Å². The molecule has 0 spiro atoms. The Bertz CT molecular complexity index is 372. The fourth-order valence-corrected chi connectivity index (χ4v) is 1.02. The molecular weight excluding hydrogens is 168 g/mol. The molecule has 0 bridgehead atoms. The van der Waals surface area contributed by atoms with Gasteiger partial charge in [0.2, 0.25) is 0 Å². The van der Waals surface area contributed by atoms with Crippen LogP contribution in [-0.2, 0) is 0 Å². The van der Waals surface area contributed by atoms with Crippen LogP contribution >= 0.6 is 0 Å². The van der Waals surface area contributed by atoms with E-state index in [4.69, 9.17) is 16.6 Å². The average Bonchev–Trinajstić information content (AvgIpc) is 2.09. The van der Waals surface area contributed by atoms with Crippen LogP contribution < -0.4 is 11.5 Å². The quantitative estimate of drug-likeness (QED) is 0.593. The molecule has 68 valence electrons. The van der Waals surface area contributed by atoms with Gasteiger partial charge in [0, 0.05) is 0 Å². The maximum Gasteiger partial charge on any atom is 0.337 e. The minimum Gasteiger partial charge on any atom is -0.478 e. The predicted molar refractivity (Wildman–Crippen MR) is 52.3 cm³/mol. The standard InChI is InChI=1S/C9H10N2O2/c1-2-5-3-4-6(9(12)13)8(11)7(5)10/h2-4H,1,10-11H2,(H,12,13). The molecule has 5 N–H and O–H groups in total. The number of aromatic carboxylic acids is 1. The number of carboxylic acid groups (broad SMARTS) is 1. The molecular formula is C9H10N2O2. The van der Waals surface area contributed by atoms with Crippen LogP contribution in [0.15, 0.2) is 18.7 Å². The van der Waals surface area contributed by atoms with Crippen LogP contribution in [0.2, 0.25) is 0 Å². The number of hydrogen-bond donors (Lipinski definition) is 3. The fraction of sp³-hybridized carbons (Fsp3) is 0. The van der Waals surface area contributed by atoms with E-state index in [1.54, 1.807) is 6.07 Å². The van der Waals surface area contributed by atoms with Gasteiger partial charge in [0.05, 0.1) is 16.9 Å². The Labute approximate surface area is 75.5 Å². The normalized spacial score (nSPS) is 9.54. The van der Waals surface area contributed by atoms with E-state index in [1.165, 1.54) is 12.1 Å². The lowest BCUT2D eigenvalue weighted by Gasteiger charge is -2.06. The highest BCUT2D eigenvalue weighted by Crippen LogP contribution is 2.24. The van der Waals surface area contributed by atoms with E-state index in [2.05, 4.69) is 6.58 Å². The SMILES string of the molecule is C=Cc1ccc(C(=O)O)c(N)c1N. The maximum absolute atomic E-state index is 10.6. The molecule has 13 heavy (non-hydrogen) atoms. The molecule has 4 nitrogen and oxygen atoms in total. The van der Waals surface area contributed by atoms with Gasteiger partial charge in [-0.3, -0.25) is 0 Å². The molecule has 0 saturated heterocycles. The van der Waals surface area contributed by atoms with Crippen molar-refractivity contribution in [3.8, 4) is 0 Å². The molecule has 1 aromatic carbocycles. The number of nitrogens with two attached hydrogens (primary N) is 2. The van der Waals surface area contributed by atoms with E-state index >= 15 is 0 Å². The zero-order valence-corrected chi connectivity index (χ0v) is 6.95. The highest BCUT2D eigenvalue weighted by molar-refractivity contribution is 5.98. The van der Waals surface area contributed by atoms with Gasteiger partial charge in [-0.1, -0.05) is 18.7 Å². The Hall–Kier alpha value is -1.97. The lowest BCUT2D eigenvalue weighted by atomic mass is 10.1. The maximum atomic E-state index is 10.6. The van der Waals surface area contributed by atoms with Crippen molar-refractivity contribution in [3.63, 3.8) is 0 Å². The second kappa shape index (κ2) is 3.18. The topological polar surface area (TPSA) is 89.3 Å². The smallest absolute Gasteiger partial charge is 0.337 e. The van der Waals surface area contributed by atoms with Crippen molar-refractivity contribution in [3.05, 3.63) is 29.8 Å². The highest BCUT2D eigenvalue weighted by atomic mass is 16.4. The lowest BCUT2D eigenvalue weighted by molar-refractivity contribution is 0.0698. The summed E-state index contributed by atoms with van der Waals surface area (Å²) in [5.41, 5.74) is 12.1. The Morgan fingerprint density at radius 1 is 1.38 bits per heavy atom.